The number of hydrogen-bond acceptors (Lipinski definition) is 4. The minimum atomic E-state index is 0.0148. The van der Waals surface area contributed by atoms with Gasteiger partial charge in [0.2, 0.25) is 5.91 Å². The van der Waals surface area contributed by atoms with Crippen molar-refractivity contribution in [1.29, 1.82) is 0 Å². The second-order valence-electron chi connectivity index (χ2n) is 5.12. The Hall–Kier alpha value is -1.75. The molecule has 0 aromatic heterocycles. The lowest BCUT2D eigenvalue weighted by molar-refractivity contribution is -0.116. The van der Waals surface area contributed by atoms with Gasteiger partial charge in [-0.25, -0.2) is 0 Å². The molecule has 2 N–H and O–H groups in total. The van der Waals surface area contributed by atoms with Crippen molar-refractivity contribution in [2.75, 3.05) is 55.8 Å². The summed E-state index contributed by atoms with van der Waals surface area (Å²) in [5.74, 6) is 0.0148. The Kier molecular flexibility index (Phi) is 3.95. The third kappa shape index (κ3) is 2.98. The summed E-state index contributed by atoms with van der Waals surface area (Å²) >= 11 is 0. The molecule has 1 saturated heterocycles. The monoisotopic (exact) mass is 262 g/mol. The first kappa shape index (κ1) is 13.7. The molecule has 104 valence electrons. The number of nitrogens with two attached hydrogens (primary N) is 1. The van der Waals surface area contributed by atoms with E-state index in [0.29, 0.717) is 5.69 Å². The standard InChI is InChI=1S/C14H22N4O/c1-11(19)17(3)14-10-12(15)4-5-13(14)18-8-6-16(2)7-9-18/h4-5,10H,6-9,15H2,1-3H3. The lowest BCUT2D eigenvalue weighted by Gasteiger charge is -2.36. The molecule has 0 radical (unpaired) electrons. The zero-order chi connectivity index (χ0) is 14.0. The molecule has 0 aliphatic carbocycles. The third-order valence-corrected chi connectivity index (χ3v) is 3.68. The van der Waals surface area contributed by atoms with Crippen LogP contribution in [0.5, 0.6) is 0 Å². The number of nitrogens with zero attached hydrogens (tertiary/aromatic N) is 3. The van der Waals surface area contributed by atoms with Crippen molar-refractivity contribution in [3.05, 3.63) is 18.2 Å². The van der Waals surface area contributed by atoms with Crippen molar-refractivity contribution < 1.29 is 4.79 Å². The van der Waals surface area contributed by atoms with E-state index in [-0.39, 0.29) is 5.91 Å². The molecule has 2 rings (SSSR count). The maximum Gasteiger partial charge on any atom is 0.223 e. The minimum Gasteiger partial charge on any atom is -0.399 e. The predicted molar refractivity (Wildman–Crippen MR) is 79.6 cm³/mol. The summed E-state index contributed by atoms with van der Waals surface area (Å²) in [5, 5.41) is 0. The smallest absolute Gasteiger partial charge is 0.223 e. The number of benzene rings is 1. The Balaban J connectivity index is 2.31. The fourth-order valence-corrected chi connectivity index (χ4v) is 2.29. The molecule has 5 heteroatoms. The first-order valence-corrected chi connectivity index (χ1v) is 6.56. The topological polar surface area (TPSA) is 52.8 Å². The highest BCUT2D eigenvalue weighted by atomic mass is 16.2. The van der Waals surface area contributed by atoms with Gasteiger partial charge in [0.05, 0.1) is 11.4 Å². The molecule has 1 aliphatic rings. The number of amides is 1. The molecule has 0 bridgehead atoms. The van der Waals surface area contributed by atoms with Crippen molar-refractivity contribution in [3.63, 3.8) is 0 Å². The molecule has 1 aromatic rings. The number of carbonyl (C=O) groups is 1. The van der Waals surface area contributed by atoms with Crippen molar-refractivity contribution in [2.24, 2.45) is 0 Å². The summed E-state index contributed by atoms with van der Waals surface area (Å²) in [5.41, 5.74) is 8.50. The molecule has 0 spiro atoms. The number of rotatable bonds is 2. The van der Waals surface area contributed by atoms with Crippen LogP contribution in [0.3, 0.4) is 0 Å². The summed E-state index contributed by atoms with van der Waals surface area (Å²) < 4.78 is 0. The summed E-state index contributed by atoms with van der Waals surface area (Å²) in [7, 11) is 3.92. The summed E-state index contributed by atoms with van der Waals surface area (Å²) in [4.78, 5) is 17.9. The SMILES string of the molecule is CC(=O)N(C)c1cc(N)ccc1N1CCN(C)CC1. The highest BCUT2D eigenvalue weighted by Crippen LogP contribution is 2.31. The molecule has 1 fully saturated rings. The van der Waals surface area contributed by atoms with Crippen molar-refractivity contribution >= 4 is 23.0 Å². The molecule has 5 nitrogen and oxygen atoms in total. The van der Waals surface area contributed by atoms with Gasteiger partial charge in [-0.2, -0.15) is 0 Å². The molecular formula is C14H22N4O. The Labute approximate surface area is 114 Å². The van der Waals surface area contributed by atoms with Gasteiger partial charge < -0.3 is 20.4 Å². The van der Waals surface area contributed by atoms with Gasteiger partial charge in [0.1, 0.15) is 0 Å². The fourth-order valence-electron chi connectivity index (χ4n) is 2.29. The summed E-state index contributed by atoms with van der Waals surface area (Å²) in [6.07, 6.45) is 0. The Bertz CT molecular complexity index is 467. The minimum absolute atomic E-state index is 0.0148. The number of likely N-dealkylation sites (N-methyl/N-ethyl adjacent to an activating group) is 1. The predicted octanol–water partition coefficient (Wildman–Crippen LogP) is 1.00. The average Bonchev–Trinajstić information content (AvgIpc) is 2.39. The van der Waals surface area contributed by atoms with E-state index in [2.05, 4.69) is 16.8 Å². The van der Waals surface area contributed by atoms with Crippen LogP contribution in [0.4, 0.5) is 17.1 Å². The summed E-state index contributed by atoms with van der Waals surface area (Å²) in [6, 6.07) is 5.77. The maximum atomic E-state index is 11.6. The first-order chi connectivity index (χ1) is 8.99. The molecule has 1 heterocycles. The molecule has 0 atom stereocenters. The lowest BCUT2D eigenvalue weighted by Crippen LogP contribution is -2.45. The number of carbonyl (C=O) groups excluding carboxylic acids is 1. The van der Waals surface area contributed by atoms with Gasteiger partial charge in [0.25, 0.3) is 0 Å². The number of piperazine rings is 1. The van der Waals surface area contributed by atoms with E-state index in [1.807, 2.05) is 18.2 Å². The van der Waals surface area contributed by atoms with Crippen LogP contribution < -0.4 is 15.5 Å². The van der Waals surface area contributed by atoms with Crippen molar-refractivity contribution in [1.82, 2.24) is 4.90 Å². The van der Waals surface area contributed by atoms with E-state index in [4.69, 9.17) is 5.73 Å². The van der Waals surface area contributed by atoms with E-state index in [0.717, 1.165) is 37.6 Å². The van der Waals surface area contributed by atoms with Crippen LogP contribution in [0, 0.1) is 0 Å². The van der Waals surface area contributed by atoms with E-state index in [1.54, 1.807) is 18.9 Å². The third-order valence-electron chi connectivity index (χ3n) is 3.68. The van der Waals surface area contributed by atoms with Crippen LogP contribution >= 0.6 is 0 Å². The van der Waals surface area contributed by atoms with Crippen LogP contribution in [-0.4, -0.2) is 51.1 Å². The van der Waals surface area contributed by atoms with Crippen LogP contribution in [0.25, 0.3) is 0 Å². The normalized spacial score (nSPS) is 16.5. The molecular weight excluding hydrogens is 240 g/mol. The number of hydrogen-bond donors (Lipinski definition) is 1. The van der Waals surface area contributed by atoms with Gasteiger partial charge in [-0.15, -0.1) is 0 Å². The van der Waals surface area contributed by atoms with Gasteiger partial charge in [-0.05, 0) is 25.2 Å². The Morgan fingerprint density at radius 1 is 1.26 bits per heavy atom. The maximum absolute atomic E-state index is 11.6. The highest BCUT2D eigenvalue weighted by Gasteiger charge is 2.19. The lowest BCUT2D eigenvalue weighted by atomic mass is 10.2. The Morgan fingerprint density at radius 3 is 2.47 bits per heavy atom. The quantitative estimate of drug-likeness (QED) is 0.808. The van der Waals surface area contributed by atoms with Crippen LogP contribution in [0.15, 0.2) is 18.2 Å². The van der Waals surface area contributed by atoms with Gasteiger partial charge in [0.15, 0.2) is 0 Å². The average molecular weight is 262 g/mol. The van der Waals surface area contributed by atoms with Gasteiger partial charge >= 0.3 is 0 Å². The second kappa shape index (κ2) is 5.48. The number of anilines is 3. The zero-order valence-electron chi connectivity index (χ0n) is 11.9. The van der Waals surface area contributed by atoms with Crippen molar-refractivity contribution in [3.8, 4) is 0 Å². The first-order valence-electron chi connectivity index (χ1n) is 6.56. The highest BCUT2D eigenvalue weighted by molar-refractivity contribution is 5.95. The summed E-state index contributed by atoms with van der Waals surface area (Å²) in [6.45, 7) is 5.58. The second-order valence-corrected chi connectivity index (χ2v) is 5.12. The van der Waals surface area contributed by atoms with Gasteiger partial charge in [0, 0.05) is 45.8 Å². The van der Waals surface area contributed by atoms with Crippen LogP contribution in [-0.2, 0) is 4.79 Å². The van der Waals surface area contributed by atoms with E-state index < -0.39 is 0 Å². The van der Waals surface area contributed by atoms with Gasteiger partial charge in [-0.3, -0.25) is 4.79 Å². The molecule has 0 saturated carbocycles. The largest absolute Gasteiger partial charge is 0.399 e. The molecule has 1 aromatic carbocycles. The van der Waals surface area contributed by atoms with E-state index in [9.17, 15) is 4.79 Å². The zero-order valence-corrected chi connectivity index (χ0v) is 11.9. The molecule has 19 heavy (non-hydrogen) atoms. The van der Waals surface area contributed by atoms with E-state index >= 15 is 0 Å². The molecule has 0 unspecified atom stereocenters. The van der Waals surface area contributed by atoms with Crippen LogP contribution in [0.2, 0.25) is 0 Å². The number of nitrogen functional groups attached to an aromatic ring is 1. The van der Waals surface area contributed by atoms with Crippen LogP contribution in [0.1, 0.15) is 6.92 Å². The molecule has 1 aliphatic heterocycles. The van der Waals surface area contributed by atoms with E-state index in [1.165, 1.54) is 0 Å². The fraction of sp³-hybridized carbons (Fsp3) is 0.500. The van der Waals surface area contributed by atoms with Gasteiger partial charge in [-0.1, -0.05) is 0 Å². The molecule has 1 amide bonds. The van der Waals surface area contributed by atoms with Crippen molar-refractivity contribution in [2.45, 2.75) is 6.92 Å². The Morgan fingerprint density at radius 2 is 1.89 bits per heavy atom.